The second-order valence-electron chi connectivity index (χ2n) is 4.32. The lowest BCUT2D eigenvalue weighted by Crippen LogP contribution is -2.31. The van der Waals surface area contributed by atoms with Crippen molar-refractivity contribution in [1.82, 2.24) is 5.32 Å². The highest BCUT2D eigenvalue weighted by Gasteiger charge is 2.11. The van der Waals surface area contributed by atoms with Gasteiger partial charge in [-0.3, -0.25) is 4.79 Å². The van der Waals surface area contributed by atoms with Crippen LogP contribution in [-0.2, 0) is 4.79 Å². The molecule has 0 bridgehead atoms. The molecule has 20 heavy (non-hydrogen) atoms. The number of furan rings is 1. The Morgan fingerprint density at radius 3 is 2.60 bits per heavy atom. The van der Waals surface area contributed by atoms with Crippen molar-refractivity contribution in [2.75, 3.05) is 11.9 Å². The minimum atomic E-state index is -0.178. The van der Waals surface area contributed by atoms with Crippen LogP contribution in [-0.4, -0.2) is 12.5 Å². The molecule has 0 saturated carbocycles. The molecule has 0 aliphatic rings. The number of halogens is 2. The molecule has 6 heteroatoms. The Kier molecular flexibility index (Phi) is 4.93. The maximum atomic E-state index is 11.8. The SMILES string of the molecule is CC(NC(=O)CNc1cc(Cl)cc(Cl)c1)c1ccco1. The highest BCUT2D eigenvalue weighted by molar-refractivity contribution is 6.35. The van der Waals surface area contributed by atoms with E-state index < -0.39 is 0 Å². The van der Waals surface area contributed by atoms with Crippen LogP contribution in [0.15, 0.2) is 41.0 Å². The van der Waals surface area contributed by atoms with Crippen molar-refractivity contribution in [2.24, 2.45) is 0 Å². The van der Waals surface area contributed by atoms with Gasteiger partial charge in [-0.05, 0) is 37.3 Å². The Hall–Kier alpha value is -1.65. The number of hydrogen-bond acceptors (Lipinski definition) is 3. The van der Waals surface area contributed by atoms with Gasteiger partial charge in [-0.25, -0.2) is 0 Å². The normalized spacial score (nSPS) is 11.9. The Balaban J connectivity index is 1.86. The van der Waals surface area contributed by atoms with E-state index in [-0.39, 0.29) is 18.5 Å². The van der Waals surface area contributed by atoms with Crippen molar-refractivity contribution in [2.45, 2.75) is 13.0 Å². The zero-order valence-corrected chi connectivity index (χ0v) is 12.3. The van der Waals surface area contributed by atoms with Gasteiger partial charge < -0.3 is 15.1 Å². The summed E-state index contributed by atoms with van der Waals surface area (Å²) in [7, 11) is 0. The second-order valence-corrected chi connectivity index (χ2v) is 5.19. The van der Waals surface area contributed by atoms with E-state index >= 15 is 0 Å². The quantitative estimate of drug-likeness (QED) is 0.881. The smallest absolute Gasteiger partial charge is 0.239 e. The molecule has 1 amide bonds. The van der Waals surface area contributed by atoms with E-state index in [4.69, 9.17) is 27.6 Å². The second kappa shape index (κ2) is 6.68. The minimum absolute atomic E-state index is 0.127. The van der Waals surface area contributed by atoms with Crippen LogP contribution in [0.4, 0.5) is 5.69 Å². The first kappa shape index (κ1) is 14.8. The summed E-state index contributed by atoms with van der Waals surface area (Å²) in [5.74, 6) is 0.564. The van der Waals surface area contributed by atoms with E-state index in [1.54, 1.807) is 30.5 Å². The summed E-state index contributed by atoms with van der Waals surface area (Å²) in [4.78, 5) is 11.8. The largest absolute Gasteiger partial charge is 0.467 e. The molecule has 1 aromatic carbocycles. The van der Waals surface area contributed by atoms with Gasteiger partial charge in [-0.1, -0.05) is 23.2 Å². The molecule has 2 aromatic rings. The van der Waals surface area contributed by atoms with E-state index in [0.29, 0.717) is 21.5 Å². The number of hydrogen-bond donors (Lipinski definition) is 2. The van der Waals surface area contributed by atoms with Crippen LogP contribution >= 0.6 is 23.2 Å². The minimum Gasteiger partial charge on any atom is -0.467 e. The summed E-state index contributed by atoms with van der Waals surface area (Å²) in [6.07, 6.45) is 1.57. The number of nitrogens with one attached hydrogen (secondary N) is 2. The van der Waals surface area contributed by atoms with Gasteiger partial charge in [-0.2, -0.15) is 0 Å². The summed E-state index contributed by atoms with van der Waals surface area (Å²) >= 11 is 11.8. The van der Waals surface area contributed by atoms with Crippen molar-refractivity contribution in [3.8, 4) is 0 Å². The van der Waals surface area contributed by atoms with E-state index in [1.165, 1.54) is 0 Å². The first-order valence-electron chi connectivity index (χ1n) is 6.07. The van der Waals surface area contributed by atoms with Crippen LogP contribution in [0.5, 0.6) is 0 Å². The molecule has 0 spiro atoms. The fourth-order valence-electron chi connectivity index (χ4n) is 1.74. The van der Waals surface area contributed by atoms with Crippen LogP contribution < -0.4 is 10.6 Å². The topological polar surface area (TPSA) is 54.3 Å². The molecule has 2 N–H and O–H groups in total. The molecule has 4 nitrogen and oxygen atoms in total. The fourth-order valence-corrected chi connectivity index (χ4v) is 2.27. The summed E-state index contributed by atoms with van der Waals surface area (Å²) in [5, 5.41) is 6.82. The number of amides is 1. The Labute approximate surface area is 127 Å². The average Bonchev–Trinajstić information content (AvgIpc) is 2.89. The van der Waals surface area contributed by atoms with Crippen LogP contribution in [0.3, 0.4) is 0 Å². The predicted molar refractivity (Wildman–Crippen MR) is 80.2 cm³/mol. The van der Waals surface area contributed by atoms with Crippen LogP contribution in [0.25, 0.3) is 0 Å². The van der Waals surface area contributed by atoms with Crippen LogP contribution in [0.2, 0.25) is 10.0 Å². The first-order chi connectivity index (χ1) is 9.54. The van der Waals surface area contributed by atoms with E-state index in [2.05, 4.69) is 10.6 Å². The van der Waals surface area contributed by atoms with Crippen LogP contribution in [0, 0.1) is 0 Å². The third-order valence-corrected chi connectivity index (χ3v) is 3.10. The van der Waals surface area contributed by atoms with E-state index in [0.717, 1.165) is 0 Å². The molecule has 1 heterocycles. The van der Waals surface area contributed by atoms with Crippen molar-refractivity contribution in [3.05, 3.63) is 52.4 Å². The number of benzene rings is 1. The Morgan fingerprint density at radius 2 is 2.00 bits per heavy atom. The molecule has 2 rings (SSSR count). The summed E-state index contributed by atoms with van der Waals surface area (Å²) < 4.78 is 5.22. The highest BCUT2D eigenvalue weighted by Crippen LogP contribution is 2.22. The lowest BCUT2D eigenvalue weighted by atomic mass is 10.2. The van der Waals surface area contributed by atoms with Crippen LogP contribution in [0.1, 0.15) is 18.7 Å². The van der Waals surface area contributed by atoms with Crippen molar-refractivity contribution in [3.63, 3.8) is 0 Å². The number of rotatable bonds is 5. The Bertz CT molecular complexity index is 565. The van der Waals surface area contributed by atoms with Crippen molar-refractivity contribution >= 4 is 34.8 Å². The fraction of sp³-hybridized carbons (Fsp3) is 0.214. The molecule has 0 aliphatic heterocycles. The molecular weight excluding hydrogens is 299 g/mol. The van der Waals surface area contributed by atoms with E-state index in [9.17, 15) is 4.79 Å². The molecule has 1 aromatic heterocycles. The van der Waals surface area contributed by atoms with Gasteiger partial charge in [0.1, 0.15) is 5.76 Å². The highest BCUT2D eigenvalue weighted by atomic mass is 35.5. The molecular formula is C14H14Cl2N2O2. The van der Waals surface area contributed by atoms with Gasteiger partial charge in [0.2, 0.25) is 5.91 Å². The summed E-state index contributed by atoms with van der Waals surface area (Å²) in [5.41, 5.74) is 0.698. The first-order valence-corrected chi connectivity index (χ1v) is 6.83. The van der Waals surface area contributed by atoms with Crippen molar-refractivity contribution in [1.29, 1.82) is 0 Å². The number of carbonyl (C=O) groups excluding carboxylic acids is 1. The lowest BCUT2D eigenvalue weighted by molar-refractivity contribution is -0.120. The molecule has 0 saturated heterocycles. The third kappa shape index (κ3) is 4.18. The van der Waals surface area contributed by atoms with Gasteiger partial charge in [0.25, 0.3) is 0 Å². The third-order valence-electron chi connectivity index (χ3n) is 2.66. The van der Waals surface area contributed by atoms with Gasteiger partial charge in [0.15, 0.2) is 0 Å². The van der Waals surface area contributed by atoms with E-state index in [1.807, 2.05) is 13.0 Å². The number of anilines is 1. The van der Waals surface area contributed by atoms with Gasteiger partial charge in [0.05, 0.1) is 18.8 Å². The van der Waals surface area contributed by atoms with Gasteiger partial charge >= 0.3 is 0 Å². The molecule has 1 unspecified atom stereocenters. The lowest BCUT2D eigenvalue weighted by Gasteiger charge is -2.12. The molecule has 1 atom stereocenters. The molecule has 0 aliphatic carbocycles. The molecule has 0 radical (unpaired) electrons. The maximum absolute atomic E-state index is 11.8. The predicted octanol–water partition coefficient (Wildman–Crippen LogP) is 3.88. The average molecular weight is 313 g/mol. The summed E-state index contributed by atoms with van der Waals surface area (Å²) in [6, 6.07) is 8.46. The van der Waals surface area contributed by atoms with Gasteiger partial charge in [-0.15, -0.1) is 0 Å². The van der Waals surface area contributed by atoms with Gasteiger partial charge in [0, 0.05) is 15.7 Å². The van der Waals surface area contributed by atoms with Crippen molar-refractivity contribution < 1.29 is 9.21 Å². The maximum Gasteiger partial charge on any atom is 0.239 e. The number of carbonyl (C=O) groups is 1. The summed E-state index contributed by atoms with van der Waals surface area (Å²) in [6.45, 7) is 1.98. The zero-order valence-electron chi connectivity index (χ0n) is 10.8. The Morgan fingerprint density at radius 1 is 1.30 bits per heavy atom. The molecule has 0 fully saturated rings. The molecule has 106 valence electrons. The monoisotopic (exact) mass is 312 g/mol. The zero-order chi connectivity index (χ0) is 14.5. The standard InChI is InChI=1S/C14H14Cl2N2O2/c1-9(13-3-2-4-20-13)18-14(19)8-17-12-6-10(15)5-11(16)7-12/h2-7,9,17H,8H2,1H3,(H,18,19).